The van der Waals surface area contributed by atoms with E-state index in [9.17, 15) is 0 Å². The van der Waals surface area contributed by atoms with Gasteiger partial charge in [0.2, 0.25) is 0 Å². The second-order valence-corrected chi connectivity index (χ2v) is 13.9. The molecule has 7 aromatic rings. The van der Waals surface area contributed by atoms with Crippen molar-refractivity contribution in [3.05, 3.63) is 211 Å². The van der Waals surface area contributed by atoms with Crippen LogP contribution in [0.2, 0.25) is 0 Å². The van der Waals surface area contributed by atoms with Gasteiger partial charge in [-0.3, -0.25) is 0 Å². The van der Waals surface area contributed by atoms with Crippen LogP contribution < -0.4 is 0 Å². The van der Waals surface area contributed by atoms with Crippen molar-refractivity contribution in [3.63, 3.8) is 0 Å². The molecule has 1 atom stereocenters. The summed E-state index contributed by atoms with van der Waals surface area (Å²) in [4.78, 5) is 14.9. The second-order valence-electron chi connectivity index (χ2n) is 13.9. The van der Waals surface area contributed by atoms with Gasteiger partial charge in [0.25, 0.3) is 0 Å². The van der Waals surface area contributed by atoms with Crippen LogP contribution in [0.4, 0.5) is 0 Å². The highest BCUT2D eigenvalue weighted by Gasteiger charge is 2.17. The van der Waals surface area contributed by atoms with Crippen molar-refractivity contribution in [2.75, 3.05) is 0 Å². The molecule has 6 aromatic carbocycles. The fourth-order valence-electron chi connectivity index (χ4n) is 7.41. The predicted octanol–water partition coefficient (Wildman–Crippen LogP) is 13.1. The molecule has 0 bridgehead atoms. The minimum Gasteiger partial charge on any atom is -0.209 e. The highest BCUT2D eigenvalue weighted by molar-refractivity contribution is 5.81. The lowest BCUT2D eigenvalue weighted by molar-refractivity contribution is 0.857. The third-order valence-corrected chi connectivity index (χ3v) is 10.3. The summed E-state index contributed by atoms with van der Waals surface area (Å²) < 4.78 is 0. The molecule has 0 spiro atoms. The SMILES string of the molecule is C1=CCCC(c2nc(-c3ccccc3)nc(-c3cccc(-c4cccc(C5=CCC(c6cc(-c7ccccc7)cc(-c7ccccc7)c6)C=C5)c4)c3)n2)=C1. The third-order valence-electron chi connectivity index (χ3n) is 10.3. The number of nitrogens with zero attached hydrogens (tertiary/aromatic N) is 3. The Kier molecular flexibility index (Phi) is 9.27. The Morgan fingerprint density at radius 3 is 1.56 bits per heavy atom. The summed E-state index contributed by atoms with van der Waals surface area (Å²) in [5, 5.41) is 0. The molecule has 1 heterocycles. The van der Waals surface area contributed by atoms with Crippen LogP contribution in [0.1, 0.15) is 42.1 Å². The Bertz CT molecular complexity index is 2500. The molecule has 0 amide bonds. The third kappa shape index (κ3) is 7.17. The lowest BCUT2D eigenvalue weighted by atomic mass is 9.85. The highest BCUT2D eigenvalue weighted by atomic mass is 15.0. The molecule has 0 N–H and O–H groups in total. The number of allylic oxidation sites excluding steroid dienone is 8. The highest BCUT2D eigenvalue weighted by Crippen LogP contribution is 2.37. The first-order valence-electron chi connectivity index (χ1n) is 18.8. The summed E-state index contributed by atoms with van der Waals surface area (Å²) in [6.45, 7) is 0. The molecule has 2 aliphatic rings. The lowest BCUT2D eigenvalue weighted by Crippen LogP contribution is -2.03. The van der Waals surface area contributed by atoms with Crippen molar-refractivity contribution >= 4 is 11.1 Å². The molecule has 0 saturated heterocycles. The average molecular weight is 694 g/mol. The van der Waals surface area contributed by atoms with Crippen LogP contribution in [0.5, 0.6) is 0 Å². The summed E-state index contributed by atoms with van der Waals surface area (Å²) in [6.07, 6.45) is 16.3. The molecule has 3 nitrogen and oxygen atoms in total. The van der Waals surface area contributed by atoms with Crippen molar-refractivity contribution in [1.29, 1.82) is 0 Å². The summed E-state index contributed by atoms with van der Waals surface area (Å²) in [6, 6.07) is 56.0. The van der Waals surface area contributed by atoms with Crippen molar-refractivity contribution < 1.29 is 0 Å². The molecule has 0 saturated carbocycles. The van der Waals surface area contributed by atoms with E-state index in [1.807, 2.05) is 18.2 Å². The molecule has 54 heavy (non-hydrogen) atoms. The van der Waals surface area contributed by atoms with E-state index in [1.165, 1.54) is 39.0 Å². The summed E-state index contributed by atoms with van der Waals surface area (Å²) >= 11 is 0. The maximum atomic E-state index is 5.01. The van der Waals surface area contributed by atoms with E-state index >= 15 is 0 Å². The van der Waals surface area contributed by atoms with Crippen molar-refractivity contribution in [2.45, 2.75) is 25.2 Å². The molecule has 2 aliphatic carbocycles. The topological polar surface area (TPSA) is 38.7 Å². The molecule has 1 unspecified atom stereocenters. The Morgan fingerprint density at radius 1 is 0.444 bits per heavy atom. The normalized spacial score (nSPS) is 15.1. The molecule has 0 aliphatic heterocycles. The van der Waals surface area contributed by atoms with E-state index in [4.69, 9.17) is 15.0 Å². The van der Waals surface area contributed by atoms with Crippen molar-refractivity contribution in [3.8, 4) is 56.2 Å². The molecule has 258 valence electrons. The zero-order valence-electron chi connectivity index (χ0n) is 30.0. The van der Waals surface area contributed by atoms with E-state index < -0.39 is 0 Å². The first-order chi connectivity index (χ1) is 26.7. The fourth-order valence-corrected chi connectivity index (χ4v) is 7.41. The second kappa shape index (κ2) is 15.1. The zero-order valence-corrected chi connectivity index (χ0v) is 30.0. The van der Waals surface area contributed by atoms with Crippen molar-refractivity contribution in [2.24, 2.45) is 0 Å². The lowest BCUT2D eigenvalue weighted by Gasteiger charge is -2.20. The van der Waals surface area contributed by atoms with Crippen LogP contribution in [0.3, 0.4) is 0 Å². The van der Waals surface area contributed by atoms with Gasteiger partial charge in [0.05, 0.1) is 0 Å². The van der Waals surface area contributed by atoms with Crippen LogP contribution in [0, 0.1) is 0 Å². The Labute approximate surface area is 317 Å². The number of benzene rings is 6. The Balaban J connectivity index is 1.00. The monoisotopic (exact) mass is 693 g/mol. The quantitative estimate of drug-likeness (QED) is 0.159. The van der Waals surface area contributed by atoms with E-state index in [0.29, 0.717) is 17.6 Å². The van der Waals surface area contributed by atoms with Gasteiger partial charge in [-0.25, -0.2) is 15.0 Å². The number of hydrogen-bond acceptors (Lipinski definition) is 3. The molecule has 3 heteroatoms. The van der Waals surface area contributed by atoms with E-state index in [2.05, 4.69) is 176 Å². The maximum Gasteiger partial charge on any atom is 0.164 e. The van der Waals surface area contributed by atoms with Crippen LogP contribution in [-0.2, 0) is 0 Å². The summed E-state index contributed by atoms with van der Waals surface area (Å²) in [5.74, 6) is 2.41. The average Bonchev–Trinajstić information content (AvgIpc) is 3.27. The van der Waals surface area contributed by atoms with Gasteiger partial charge in [-0.2, -0.15) is 0 Å². The van der Waals surface area contributed by atoms with Gasteiger partial charge in [-0.15, -0.1) is 0 Å². The van der Waals surface area contributed by atoms with Gasteiger partial charge in [0.15, 0.2) is 17.5 Å². The van der Waals surface area contributed by atoms with Crippen LogP contribution in [0.15, 0.2) is 194 Å². The van der Waals surface area contributed by atoms with Gasteiger partial charge in [0.1, 0.15) is 0 Å². The predicted molar refractivity (Wildman–Crippen MR) is 224 cm³/mol. The minimum atomic E-state index is 0.297. The molecule has 0 fully saturated rings. The molecular weight excluding hydrogens is 655 g/mol. The molecular formula is C51H39N3. The zero-order chi connectivity index (χ0) is 36.1. The Hall–Kier alpha value is -6.71. The molecule has 1 aromatic heterocycles. The number of aromatic nitrogens is 3. The van der Waals surface area contributed by atoms with E-state index in [1.54, 1.807) is 0 Å². The van der Waals surface area contributed by atoms with E-state index in [0.717, 1.165) is 52.9 Å². The number of rotatable bonds is 8. The first-order valence-corrected chi connectivity index (χ1v) is 18.8. The van der Waals surface area contributed by atoms with Crippen LogP contribution >= 0.6 is 0 Å². The van der Waals surface area contributed by atoms with Gasteiger partial charge >= 0.3 is 0 Å². The largest absolute Gasteiger partial charge is 0.209 e. The maximum absolute atomic E-state index is 5.01. The first kappa shape index (κ1) is 33.1. The fraction of sp³-hybridized carbons (Fsp3) is 0.0784. The van der Waals surface area contributed by atoms with Gasteiger partial charge in [-0.1, -0.05) is 176 Å². The standard InChI is InChI=1S/C51H39N3/c1-5-15-36(16-6-1)46-33-47(37-17-7-2-8-18-37)35-48(34-46)39-29-27-38(28-30-39)42-23-13-24-43(31-42)44-25-14-26-45(32-44)51-53-49(40-19-9-3-10-20-40)52-50(54-51)41-21-11-4-12-22-41/h1-11,13-21,23-29,31-35,39H,12,22,30H2. The van der Waals surface area contributed by atoms with Gasteiger partial charge in [0, 0.05) is 17.0 Å². The van der Waals surface area contributed by atoms with Gasteiger partial charge in [-0.05, 0) is 93.1 Å². The number of hydrogen-bond donors (Lipinski definition) is 0. The molecule has 0 radical (unpaired) electrons. The smallest absolute Gasteiger partial charge is 0.164 e. The Morgan fingerprint density at radius 2 is 0.963 bits per heavy atom. The minimum absolute atomic E-state index is 0.297. The van der Waals surface area contributed by atoms with E-state index in [-0.39, 0.29) is 0 Å². The van der Waals surface area contributed by atoms with Crippen LogP contribution in [-0.4, -0.2) is 15.0 Å². The van der Waals surface area contributed by atoms with Crippen molar-refractivity contribution in [1.82, 2.24) is 15.0 Å². The van der Waals surface area contributed by atoms with Gasteiger partial charge < -0.3 is 0 Å². The summed E-state index contributed by atoms with van der Waals surface area (Å²) in [5.41, 5.74) is 14.1. The summed E-state index contributed by atoms with van der Waals surface area (Å²) in [7, 11) is 0. The molecule has 9 rings (SSSR count). The van der Waals surface area contributed by atoms with Crippen LogP contribution in [0.25, 0.3) is 67.3 Å².